The molecule has 0 heterocycles. The molecule has 0 spiro atoms. The van der Waals surface area contributed by atoms with Gasteiger partial charge in [0.1, 0.15) is 0 Å². The van der Waals surface area contributed by atoms with E-state index < -0.39 is 12.1 Å². The number of carbonyl (C=O) groups is 1. The van der Waals surface area contributed by atoms with Crippen LogP contribution in [0.4, 0.5) is 0 Å². The fourth-order valence-electron chi connectivity index (χ4n) is 7.02. The monoisotopic (exact) mass is 894 g/mol. The number of unbranched alkanes of at least 4 members (excludes halogenated alkanes) is 17. The molecular weight excluding hydrogens is 795 g/mol. The van der Waals surface area contributed by atoms with Crippen LogP contribution in [0.25, 0.3) is 0 Å². The fraction of sp³-hybridized carbons (Fsp3) is 0.590. The van der Waals surface area contributed by atoms with E-state index in [0.717, 1.165) is 103 Å². The molecule has 0 bridgehead atoms. The maximum absolute atomic E-state index is 12.4. The topological polar surface area (TPSA) is 69.6 Å². The summed E-state index contributed by atoms with van der Waals surface area (Å²) in [5, 5.41) is 23.0. The molecule has 2 atom stereocenters. The molecule has 0 aliphatic heterocycles. The Labute approximate surface area is 402 Å². The minimum Gasteiger partial charge on any atom is -0.394 e. The maximum Gasteiger partial charge on any atom is 0.220 e. The first-order valence-electron chi connectivity index (χ1n) is 26.5. The SMILES string of the molecule is CC/C=C\C/C=C\C/C=C\C/C=C\C/C=C\C/C=C\C/C=C\C/C=C\C/C=C\CCCCCCCCCCCC(=O)NC(CO)C(O)/C=C/CC/C=C/CC/C=C/CCCCCCCC. The van der Waals surface area contributed by atoms with Gasteiger partial charge in [-0.2, -0.15) is 0 Å². The van der Waals surface area contributed by atoms with Gasteiger partial charge < -0.3 is 15.5 Å². The van der Waals surface area contributed by atoms with E-state index in [0.29, 0.717) is 6.42 Å². The normalized spacial score (nSPS) is 14.1. The molecule has 0 rings (SSSR count). The van der Waals surface area contributed by atoms with Crippen molar-refractivity contribution in [1.29, 1.82) is 0 Å². The number of hydrogen-bond acceptors (Lipinski definition) is 3. The molecule has 0 aliphatic rings. The Hall–Kier alpha value is -3.73. The summed E-state index contributed by atoms with van der Waals surface area (Å²) in [7, 11) is 0. The molecule has 3 N–H and O–H groups in total. The zero-order valence-electron chi connectivity index (χ0n) is 41.9. The highest BCUT2D eigenvalue weighted by Gasteiger charge is 2.17. The Morgan fingerprint density at radius 3 is 1.08 bits per heavy atom. The van der Waals surface area contributed by atoms with Crippen molar-refractivity contribution in [2.45, 2.75) is 225 Å². The smallest absolute Gasteiger partial charge is 0.220 e. The quantitative estimate of drug-likeness (QED) is 0.0421. The molecule has 4 nitrogen and oxygen atoms in total. The van der Waals surface area contributed by atoms with Gasteiger partial charge in [-0.15, -0.1) is 0 Å². The summed E-state index contributed by atoms with van der Waals surface area (Å²) in [5.74, 6) is -0.0916. The second kappa shape index (κ2) is 54.6. The summed E-state index contributed by atoms with van der Waals surface area (Å²) in [5.41, 5.74) is 0. The zero-order valence-corrected chi connectivity index (χ0v) is 41.9. The van der Waals surface area contributed by atoms with Crippen LogP contribution in [0, 0.1) is 0 Å². The molecule has 0 saturated heterocycles. The van der Waals surface area contributed by atoms with Gasteiger partial charge >= 0.3 is 0 Å². The Kier molecular flexibility index (Phi) is 51.5. The summed E-state index contributed by atoms with van der Waals surface area (Å²) in [6.45, 7) is 4.15. The molecule has 366 valence electrons. The third-order valence-corrected chi connectivity index (χ3v) is 11.0. The van der Waals surface area contributed by atoms with Gasteiger partial charge in [-0.05, 0) is 116 Å². The van der Waals surface area contributed by atoms with Gasteiger partial charge in [0.15, 0.2) is 0 Å². The molecule has 65 heavy (non-hydrogen) atoms. The van der Waals surface area contributed by atoms with Crippen LogP contribution in [0.3, 0.4) is 0 Å². The van der Waals surface area contributed by atoms with Gasteiger partial charge in [0.25, 0.3) is 0 Å². The van der Waals surface area contributed by atoms with Crippen molar-refractivity contribution in [3.05, 3.63) is 146 Å². The van der Waals surface area contributed by atoms with Crippen LogP contribution in [0.5, 0.6) is 0 Å². The average molecular weight is 894 g/mol. The molecule has 0 aromatic heterocycles. The van der Waals surface area contributed by atoms with E-state index in [1.54, 1.807) is 6.08 Å². The van der Waals surface area contributed by atoms with Crippen LogP contribution < -0.4 is 5.32 Å². The van der Waals surface area contributed by atoms with E-state index in [4.69, 9.17) is 0 Å². The van der Waals surface area contributed by atoms with Gasteiger partial charge in [-0.25, -0.2) is 0 Å². The molecule has 1 amide bonds. The summed E-state index contributed by atoms with van der Waals surface area (Å²) in [6.07, 6.45) is 87.0. The average Bonchev–Trinajstić information content (AvgIpc) is 3.31. The minimum absolute atomic E-state index is 0.0916. The number of nitrogens with one attached hydrogen (secondary N) is 1. The van der Waals surface area contributed by atoms with Crippen LogP contribution in [0.1, 0.15) is 213 Å². The zero-order chi connectivity index (χ0) is 47.0. The second-order valence-corrected chi connectivity index (χ2v) is 17.2. The van der Waals surface area contributed by atoms with Gasteiger partial charge in [-0.3, -0.25) is 4.79 Å². The van der Waals surface area contributed by atoms with Gasteiger partial charge in [0, 0.05) is 6.42 Å². The van der Waals surface area contributed by atoms with Crippen LogP contribution in [-0.2, 0) is 4.79 Å². The molecule has 0 aromatic rings. The first kappa shape index (κ1) is 61.3. The molecule has 4 heteroatoms. The van der Waals surface area contributed by atoms with Crippen LogP contribution in [0.15, 0.2) is 146 Å². The van der Waals surface area contributed by atoms with E-state index in [1.165, 1.54) is 89.9 Å². The van der Waals surface area contributed by atoms with Gasteiger partial charge in [0.05, 0.1) is 18.8 Å². The predicted molar refractivity (Wildman–Crippen MR) is 289 cm³/mol. The van der Waals surface area contributed by atoms with Crippen molar-refractivity contribution in [3.8, 4) is 0 Å². The lowest BCUT2D eigenvalue weighted by atomic mass is 10.1. The highest BCUT2D eigenvalue weighted by Crippen LogP contribution is 2.13. The lowest BCUT2D eigenvalue weighted by Crippen LogP contribution is -2.45. The first-order chi connectivity index (χ1) is 32.2. The third kappa shape index (κ3) is 51.1. The number of carbonyl (C=O) groups excluding carboxylic acids is 1. The van der Waals surface area contributed by atoms with Gasteiger partial charge in [0.2, 0.25) is 5.91 Å². The standard InChI is InChI=1S/C61H99NO3/c1-3-5-7-9-11-13-15-17-19-21-22-23-24-25-26-27-28-29-30-31-32-33-34-35-36-37-38-39-40-41-43-45-47-49-51-53-55-57-61(65)62-59(58-63)60(64)56-54-52-50-48-46-44-42-20-18-16-14-12-10-8-6-4-2/h5,7,11,13,17-20,22-23,25-26,28-29,31-32,34-35,37-38,46,48,54,56,59-60,63-64H,3-4,6,8-10,12,14-16,21,24,27,30,33,36,39-45,47,49-53,55,57-58H2,1-2H3,(H,62,65)/b7-5-,13-11-,19-17-,20-18+,23-22-,26-25-,29-28-,32-31-,35-34-,38-37-,48-46+,56-54+. The predicted octanol–water partition coefficient (Wildman–Crippen LogP) is 17.6. The number of aliphatic hydroxyl groups is 2. The lowest BCUT2D eigenvalue weighted by molar-refractivity contribution is -0.123. The highest BCUT2D eigenvalue weighted by atomic mass is 16.3. The molecule has 0 aliphatic carbocycles. The number of hydrogen-bond donors (Lipinski definition) is 3. The Morgan fingerprint density at radius 2 is 0.692 bits per heavy atom. The number of aliphatic hydroxyl groups excluding tert-OH is 2. The number of amides is 1. The fourth-order valence-corrected chi connectivity index (χ4v) is 7.02. The molecular formula is C61H99NO3. The van der Waals surface area contributed by atoms with E-state index in [1.807, 2.05) is 6.08 Å². The maximum atomic E-state index is 12.4. The first-order valence-corrected chi connectivity index (χ1v) is 26.5. The van der Waals surface area contributed by atoms with Crippen molar-refractivity contribution in [2.75, 3.05) is 6.61 Å². The van der Waals surface area contributed by atoms with Crippen LogP contribution in [-0.4, -0.2) is 34.9 Å². The van der Waals surface area contributed by atoms with E-state index in [2.05, 4.69) is 153 Å². The number of allylic oxidation sites excluding steroid dienone is 23. The minimum atomic E-state index is -0.882. The van der Waals surface area contributed by atoms with E-state index >= 15 is 0 Å². The summed E-state index contributed by atoms with van der Waals surface area (Å²) >= 11 is 0. The van der Waals surface area contributed by atoms with Crippen molar-refractivity contribution >= 4 is 5.91 Å². The molecule has 0 saturated carbocycles. The van der Waals surface area contributed by atoms with Crippen LogP contribution in [0.2, 0.25) is 0 Å². The molecule has 0 radical (unpaired) electrons. The highest BCUT2D eigenvalue weighted by molar-refractivity contribution is 5.76. The summed E-state index contributed by atoms with van der Waals surface area (Å²) in [4.78, 5) is 12.4. The van der Waals surface area contributed by atoms with Gasteiger partial charge in [-0.1, -0.05) is 237 Å². The third-order valence-electron chi connectivity index (χ3n) is 11.0. The summed E-state index contributed by atoms with van der Waals surface area (Å²) in [6, 6.07) is -0.659. The Balaban J connectivity index is 3.67. The lowest BCUT2D eigenvalue weighted by Gasteiger charge is -2.19. The Morgan fingerprint density at radius 1 is 0.385 bits per heavy atom. The second-order valence-electron chi connectivity index (χ2n) is 17.2. The van der Waals surface area contributed by atoms with Crippen molar-refractivity contribution in [2.24, 2.45) is 0 Å². The van der Waals surface area contributed by atoms with E-state index in [-0.39, 0.29) is 12.5 Å². The molecule has 0 fully saturated rings. The largest absolute Gasteiger partial charge is 0.394 e. The van der Waals surface area contributed by atoms with Crippen molar-refractivity contribution in [3.63, 3.8) is 0 Å². The van der Waals surface area contributed by atoms with Crippen molar-refractivity contribution < 1.29 is 15.0 Å². The van der Waals surface area contributed by atoms with Crippen molar-refractivity contribution in [1.82, 2.24) is 5.32 Å². The molecule has 2 unspecified atom stereocenters. The van der Waals surface area contributed by atoms with Crippen LogP contribution >= 0.6 is 0 Å². The Bertz CT molecular complexity index is 1380. The van der Waals surface area contributed by atoms with E-state index in [9.17, 15) is 15.0 Å². The summed E-state index contributed by atoms with van der Waals surface area (Å²) < 4.78 is 0. The number of rotatable bonds is 46. The molecule has 0 aromatic carbocycles.